The maximum Gasteiger partial charge on any atom is 0.337 e. The molecule has 0 unspecified atom stereocenters. The number of aromatic carboxylic acids is 1. The minimum absolute atomic E-state index is 0.00886. The molecule has 0 aliphatic heterocycles. The van der Waals surface area contributed by atoms with Gasteiger partial charge in [-0.25, -0.2) is 13.2 Å². The van der Waals surface area contributed by atoms with Gasteiger partial charge in [-0.15, -0.1) is 0 Å². The molecule has 3 aromatic rings. The normalized spacial score (nSPS) is 11.1. The number of hydrogen-bond donors (Lipinski definition) is 3. The number of nitrogens with one attached hydrogen (secondary N) is 1. The summed E-state index contributed by atoms with van der Waals surface area (Å²) in [4.78, 5) is 24.2. The van der Waals surface area contributed by atoms with Gasteiger partial charge in [0.25, 0.3) is 5.91 Å². The van der Waals surface area contributed by atoms with Gasteiger partial charge in [0.05, 0.1) is 34.4 Å². The lowest BCUT2D eigenvalue weighted by molar-refractivity contribution is 0.0698. The van der Waals surface area contributed by atoms with Crippen LogP contribution in [-0.4, -0.2) is 48.0 Å². The Balaban J connectivity index is 1.89. The molecule has 1 amide bonds. The van der Waals surface area contributed by atoms with Gasteiger partial charge in [-0.2, -0.15) is 9.57 Å². The monoisotopic (exact) mass is 479 g/mol. The zero-order chi connectivity index (χ0) is 24.7. The quantitative estimate of drug-likeness (QED) is 0.427. The van der Waals surface area contributed by atoms with E-state index in [9.17, 15) is 28.2 Å². The number of sulfonamides is 1. The van der Waals surface area contributed by atoms with E-state index < -0.39 is 21.9 Å². The number of carboxylic acids is 1. The zero-order valence-electron chi connectivity index (χ0n) is 17.9. The van der Waals surface area contributed by atoms with Crippen LogP contribution in [0.4, 0.5) is 5.69 Å². The van der Waals surface area contributed by atoms with E-state index in [1.54, 1.807) is 30.3 Å². The van der Waals surface area contributed by atoms with Crippen LogP contribution >= 0.6 is 0 Å². The second kappa shape index (κ2) is 10.7. The lowest BCUT2D eigenvalue weighted by atomic mass is 10.1. The van der Waals surface area contributed by atoms with Crippen LogP contribution in [0, 0.1) is 11.3 Å². The largest absolute Gasteiger partial charge is 0.478 e. The Morgan fingerprint density at radius 3 is 2.38 bits per heavy atom. The number of carboxylic acid groups (broad SMARTS) is 1. The van der Waals surface area contributed by atoms with E-state index in [1.165, 1.54) is 36.4 Å². The van der Waals surface area contributed by atoms with Crippen LogP contribution < -0.4 is 5.32 Å². The Morgan fingerprint density at radius 2 is 1.74 bits per heavy atom. The number of aliphatic hydroxyl groups is 1. The Hall–Kier alpha value is -4.04. The number of nitriles is 1. The fourth-order valence-electron chi connectivity index (χ4n) is 3.22. The summed E-state index contributed by atoms with van der Waals surface area (Å²) in [6.07, 6.45) is 0. The van der Waals surface area contributed by atoms with Crippen molar-refractivity contribution >= 4 is 27.6 Å². The third-order valence-electron chi connectivity index (χ3n) is 4.91. The van der Waals surface area contributed by atoms with Crippen molar-refractivity contribution in [2.24, 2.45) is 0 Å². The molecule has 0 aliphatic rings. The Bertz CT molecular complexity index is 1350. The van der Waals surface area contributed by atoms with Crippen LogP contribution in [0.3, 0.4) is 0 Å². The van der Waals surface area contributed by atoms with Crippen LogP contribution in [0.15, 0.2) is 77.7 Å². The maximum atomic E-state index is 13.2. The molecular formula is C24H21N3O6S. The van der Waals surface area contributed by atoms with Crippen LogP contribution in [0.1, 0.15) is 31.8 Å². The highest BCUT2D eigenvalue weighted by Crippen LogP contribution is 2.22. The van der Waals surface area contributed by atoms with Gasteiger partial charge in [-0.3, -0.25) is 4.79 Å². The summed E-state index contributed by atoms with van der Waals surface area (Å²) in [5.74, 6) is -2.05. The van der Waals surface area contributed by atoms with Crippen LogP contribution in [0.2, 0.25) is 0 Å². The van der Waals surface area contributed by atoms with Crippen molar-refractivity contribution in [2.75, 3.05) is 18.5 Å². The number of anilines is 1. The van der Waals surface area contributed by atoms with Crippen molar-refractivity contribution in [3.05, 3.63) is 95.1 Å². The lowest BCUT2D eigenvalue weighted by Crippen LogP contribution is -2.33. The van der Waals surface area contributed by atoms with Gasteiger partial charge in [-0.1, -0.05) is 36.4 Å². The van der Waals surface area contributed by atoms with Crippen LogP contribution in [0.5, 0.6) is 0 Å². The molecule has 0 atom stereocenters. The molecule has 0 radical (unpaired) electrons. The first kappa shape index (κ1) is 24.6. The third kappa shape index (κ3) is 5.65. The topological polar surface area (TPSA) is 148 Å². The van der Waals surface area contributed by atoms with Crippen molar-refractivity contribution < 1.29 is 28.2 Å². The molecule has 0 heterocycles. The molecule has 10 heteroatoms. The summed E-state index contributed by atoms with van der Waals surface area (Å²) in [6.45, 7) is -0.489. The number of carbonyl (C=O) groups excluding carboxylic acids is 1. The Labute approximate surface area is 196 Å². The van der Waals surface area contributed by atoms with Crippen molar-refractivity contribution in [1.29, 1.82) is 5.26 Å². The molecule has 0 saturated heterocycles. The third-order valence-corrected chi connectivity index (χ3v) is 6.75. The lowest BCUT2D eigenvalue weighted by Gasteiger charge is -2.21. The van der Waals surface area contributed by atoms with E-state index in [1.807, 2.05) is 6.07 Å². The summed E-state index contributed by atoms with van der Waals surface area (Å²) in [5.41, 5.74) is 0.538. The second-order valence-electron chi connectivity index (χ2n) is 7.21. The number of rotatable bonds is 9. The fourth-order valence-corrected chi connectivity index (χ4v) is 4.69. The highest BCUT2D eigenvalue weighted by Gasteiger charge is 2.25. The minimum atomic E-state index is -4.06. The van der Waals surface area contributed by atoms with Crippen LogP contribution in [0.25, 0.3) is 0 Å². The van der Waals surface area contributed by atoms with E-state index in [-0.39, 0.29) is 47.0 Å². The van der Waals surface area contributed by atoms with Gasteiger partial charge in [-0.05, 0) is 42.0 Å². The van der Waals surface area contributed by atoms with Gasteiger partial charge >= 0.3 is 5.97 Å². The molecule has 0 bridgehead atoms. The minimum Gasteiger partial charge on any atom is -0.478 e. The van der Waals surface area contributed by atoms with Crippen molar-refractivity contribution in [2.45, 2.75) is 11.4 Å². The summed E-state index contributed by atoms with van der Waals surface area (Å²) >= 11 is 0. The molecule has 0 spiro atoms. The Morgan fingerprint density at radius 1 is 1.00 bits per heavy atom. The fraction of sp³-hybridized carbons (Fsp3) is 0.125. The molecule has 3 N–H and O–H groups in total. The predicted molar refractivity (Wildman–Crippen MR) is 124 cm³/mol. The number of amides is 1. The summed E-state index contributed by atoms with van der Waals surface area (Å²) < 4.78 is 27.6. The molecule has 0 aromatic heterocycles. The van der Waals surface area contributed by atoms with E-state index in [0.717, 1.165) is 15.9 Å². The molecular weight excluding hydrogens is 458 g/mol. The van der Waals surface area contributed by atoms with Crippen molar-refractivity contribution in [3.8, 4) is 6.07 Å². The molecule has 174 valence electrons. The number of aliphatic hydroxyl groups excluding tert-OH is 1. The molecule has 0 saturated carbocycles. The summed E-state index contributed by atoms with van der Waals surface area (Å²) in [6, 6.07) is 19.8. The van der Waals surface area contributed by atoms with Gasteiger partial charge < -0.3 is 15.5 Å². The van der Waals surface area contributed by atoms with Gasteiger partial charge in [0.15, 0.2) is 0 Å². The van der Waals surface area contributed by atoms with Gasteiger partial charge in [0, 0.05) is 18.7 Å². The van der Waals surface area contributed by atoms with Crippen LogP contribution in [-0.2, 0) is 16.6 Å². The molecule has 3 aromatic carbocycles. The number of hydrogen-bond acceptors (Lipinski definition) is 6. The number of nitrogens with zero attached hydrogens (tertiary/aromatic N) is 2. The first-order valence-electron chi connectivity index (χ1n) is 10.1. The molecule has 0 fully saturated rings. The van der Waals surface area contributed by atoms with E-state index in [2.05, 4.69) is 5.32 Å². The molecule has 9 nitrogen and oxygen atoms in total. The molecule has 34 heavy (non-hydrogen) atoms. The molecule has 0 aliphatic carbocycles. The van der Waals surface area contributed by atoms with E-state index in [4.69, 9.17) is 5.26 Å². The first-order valence-corrected chi connectivity index (χ1v) is 11.5. The first-order chi connectivity index (χ1) is 16.3. The number of carbonyl (C=O) groups is 2. The van der Waals surface area contributed by atoms with Gasteiger partial charge in [0.1, 0.15) is 0 Å². The van der Waals surface area contributed by atoms with Gasteiger partial charge in [0.2, 0.25) is 10.0 Å². The summed E-state index contributed by atoms with van der Waals surface area (Å²) in [5, 5.41) is 30.2. The predicted octanol–water partition coefficient (Wildman–Crippen LogP) is 2.69. The van der Waals surface area contributed by atoms with E-state index >= 15 is 0 Å². The average Bonchev–Trinajstić information content (AvgIpc) is 2.84. The highest BCUT2D eigenvalue weighted by atomic mass is 32.2. The average molecular weight is 480 g/mol. The highest BCUT2D eigenvalue weighted by molar-refractivity contribution is 7.89. The maximum absolute atomic E-state index is 13.2. The van der Waals surface area contributed by atoms with Crippen molar-refractivity contribution in [3.63, 3.8) is 0 Å². The SMILES string of the molecule is N#Cc1ccc(NC(=O)c2cccc(S(=O)(=O)N(CCO)Cc3ccccc3)c2)c(C(=O)O)c1. The van der Waals surface area contributed by atoms with E-state index in [0.29, 0.717) is 0 Å². The van der Waals surface area contributed by atoms with Crippen molar-refractivity contribution in [1.82, 2.24) is 4.31 Å². The smallest absolute Gasteiger partial charge is 0.337 e. The summed E-state index contributed by atoms with van der Waals surface area (Å²) in [7, 11) is -4.06. The Kier molecular flexibility index (Phi) is 7.75. The zero-order valence-corrected chi connectivity index (χ0v) is 18.7. The number of benzene rings is 3. The molecule has 3 rings (SSSR count). The standard InChI is InChI=1S/C24H21N3O6S/c25-15-18-9-10-22(21(13-18)24(30)31)26-23(29)19-7-4-8-20(14-19)34(32,33)27(11-12-28)16-17-5-2-1-3-6-17/h1-10,13-14,28H,11-12,16H2,(H,26,29)(H,30,31). The second-order valence-corrected chi connectivity index (χ2v) is 9.15.